The van der Waals surface area contributed by atoms with Gasteiger partial charge in [0.15, 0.2) is 9.84 Å². The number of carbonyl (C=O) groups is 1. The lowest BCUT2D eigenvalue weighted by Crippen LogP contribution is -2.34. The Morgan fingerprint density at radius 2 is 2.12 bits per heavy atom. The van der Waals surface area contributed by atoms with E-state index in [0.29, 0.717) is 12.3 Å². The highest BCUT2D eigenvalue weighted by Gasteiger charge is 2.33. The maximum atomic E-state index is 12.8. The summed E-state index contributed by atoms with van der Waals surface area (Å²) in [7, 11) is -2.09. The molecule has 25 heavy (non-hydrogen) atoms. The Bertz CT molecular complexity index is 861. The van der Waals surface area contributed by atoms with E-state index in [1.54, 1.807) is 29.4 Å². The monoisotopic (exact) mass is 364 g/mol. The van der Waals surface area contributed by atoms with Crippen LogP contribution in [0, 0.1) is 0 Å². The molecule has 1 saturated heterocycles. The molecule has 2 amide bonds. The molecule has 0 saturated carbocycles. The molecule has 2 aromatic rings. The highest BCUT2D eigenvalue weighted by atomic mass is 32.2. The summed E-state index contributed by atoms with van der Waals surface area (Å²) in [4.78, 5) is 14.5. The summed E-state index contributed by atoms with van der Waals surface area (Å²) >= 11 is 0. The fourth-order valence-corrected chi connectivity index (χ4v) is 3.93. The zero-order chi connectivity index (χ0) is 18.0. The number of nitrogens with one attached hydrogen (secondary N) is 1. The van der Waals surface area contributed by atoms with Gasteiger partial charge in [0.1, 0.15) is 17.2 Å². The molecule has 0 bridgehead atoms. The second-order valence-corrected chi connectivity index (χ2v) is 7.89. The molecule has 1 aromatic heterocycles. The molecule has 7 nitrogen and oxygen atoms in total. The van der Waals surface area contributed by atoms with E-state index in [9.17, 15) is 13.2 Å². The summed E-state index contributed by atoms with van der Waals surface area (Å²) in [6.07, 6.45) is 4.32. The van der Waals surface area contributed by atoms with Crippen LogP contribution in [0.4, 0.5) is 10.5 Å². The summed E-state index contributed by atoms with van der Waals surface area (Å²) < 4.78 is 34.7. The summed E-state index contributed by atoms with van der Waals surface area (Å²) in [5, 5.41) is 2.71. The normalized spacial score (nSPS) is 17.5. The van der Waals surface area contributed by atoms with Crippen LogP contribution in [0.25, 0.3) is 0 Å². The minimum Gasteiger partial charge on any atom is -0.495 e. The fraction of sp³-hybridized carbons (Fsp3) is 0.353. The minimum atomic E-state index is -3.52. The van der Waals surface area contributed by atoms with Crippen molar-refractivity contribution in [3.05, 3.63) is 42.4 Å². The topological polar surface area (TPSA) is 88.8 Å². The van der Waals surface area contributed by atoms with Crippen molar-refractivity contribution >= 4 is 21.6 Å². The van der Waals surface area contributed by atoms with Crippen LogP contribution >= 0.6 is 0 Å². The largest absolute Gasteiger partial charge is 0.495 e. The Kier molecular flexibility index (Phi) is 4.71. The van der Waals surface area contributed by atoms with Gasteiger partial charge in [0.2, 0.25) is 0 Å². The number of amides is 2. The first-order valence-corrected chi connectivity index (χ1v) is 9.79. The number of urea groups is 1. The lowest BCUT2D eigenvalue weighted by atomic mass is 10.2. The molecule has 1 aliphatic rings. The number of furan rings is 1. The predicted molar refractivity (Wildman–Crippen MR) is 92.5 cm³/mol. The predicted octanol–water partition coefficient (Wildman–Crippen LogP) is 3.06. The number of methoxy groups -OCH3 is 1. The summed E-state index contributed by atoms with van der Waals surface area (Å²) in [6, 6.07) is 7.71. The highest BCUT2D eigenvalue weighted by molar-refractivity contribution is 7.90. The third-order valence-corrected chi connectivity index (χ3v) is 5.36. The number of rotatable bonds is 4. The third-order valence-electron chi connectivity index (χ3n) is 4.22. The minimum absolute atomic E-state index is 0.0222. The van der Waals surface area contributed by atoms with Crippen LogP contribution in [-0.2, 0) is 9.84 Å². The molecule has 1 aromatic carbocycles. The van der Waals surface area contributed by atoms with E-state index < -0.39 is 9.84 Å². The second-order valence-electron chi connectivity index (χ2n) is 5.90. The molecule has 1 N–H and O–H groups in total. The van der Waals surface area contributed by atoms with Gasteiger partial charge in [-0.1, -0.05) is 6.07 Å². The zero-order valence-corrected chi connectivity index (χ0v) is 14.9. The van der Waals surface area contributed by atoms with E-state index in [4.69, 9.17) is 9.15 Å². The number of anilines is 1. The first-order chi connectivity index (χ1) is 11.9. The third kappa shape index (κ3) is 3.48. The first kappa shape index (κ1) is 17.3. The molecule has 0 radical (unpaired) electrons. The Morgan fingerprint density at radius 1 is 1.32 bits per heavy atom. The first-order valence-electron chi connectivity index (χ1n) is 7.90. The van der Waals surface area contributed by atoms with Gasteiger partial charge in [0, 0.05) is 12.8 Å². The highest BCUT2D eigenvalue weighted by Crippen LogP contribution is 2.35. The molecule has 1 fully saturated rings. The van der Waals surface area contributed by atoms with E-state index in [-0.39, 0.29) is 22.7 Å². The number of ether oxygens (including phenoxy) is 1. The molecule has 1 atom stereocenters. The Hall–Kier alpha value is -2.48. The van der Waals surface area contributed by atoms with Gasteiger partial charge in [-0.3, -0.25) is 0 Å². The quantitative estimate of drug-likeness (QED) is 0.901. The Labute approximate surface area is 146 Å². The molecule has 134 valence electrons. The standard InChI is InChI=1S/C17H20N2O5S/c1-23-14-7-3-9-15(25(2,21)22)16(14)18-17(20)19-10-4-6-12(19)13-8-5-11-24-13/h3,5,7-9,11-12H,4,6,10H2,1-2H3,(H,18,20). The van der Waals surface area contributed by atoms with Gasteiger partial charge < -0.3 is 19.4 Å². The maximum absolute atomic E-state index is 12.8. The second kappa shape index (κ2) is 6.79. The molecule has 1 unspecified atom stereocenters. The van der Waals surface area contributed by atoms with Gasteiger partial charge in [-0.2, -0.15) is 0 Å². The van der Waals surface area contributed by atoms with Crippen molar-refractivity contribution in [1.82, 2.24) is 4.90 Å². The van der Waals surface area contributed by atoms with Crippen molar-refractivity contribution in [2.24, 2.45) is 0 Å². The van der Waals surface area contributed by atoms with Crippen LogP contribution in [-0.4, -0.2) is 39.3 Å². The number of para-hydroxylation sites is 1. The van der Waals surface area contributed by atoms with Gasteiger partial charge in [0.05, 0.1) is 24.3 Å². The number of nitrogens with zero attached hydrogens (tertiary/aromatic N) is 1. The molecule has 2 heterocycles. The van der Waals surface area contributed by atoms with Crippen LogP contribution in [0.15, 0.2) is 45.9 Å². The van der Waals surface area contributed by atoms with E-state index in [1.165, 1.54) is 13.2 Å². The molecular weight excluding hydrogens is 344 g/mol. The summed E-state index contributed by atoms with van der Waals surface area (Å²) in [5.74, 6) is 1.01. The zero-order valence-electron chi connectivity index (χ0n) is 14.1. The summed E-state index contributed by atoms with van der Waals surface area (Å²) in [5.41, 5.74) is 0.155. The van der Waals surface area contributed by atoms with Crippen LogP contribution in [0.3, 0.4) is 0 Å². The van der Waals surface area contributed by atoms with Gasteiger partial charge in [-0.05, 0) is 37.1 Å². The molecule has 3 rings (SSSR count). The van der Waals surface area contributed by atoms with Crippen LogP contribution in [0.2, 0.25) is 0 Å². The number of likely N-dealkylation sites (tertiary alicyclic amines) is 1. The lowest BCUT2D eigenvalue weighted by Gasteiger charge is -2.24. The van der Waals surface area contributed by atoms with E-state index in [0.717, 1.165) is 24.9 Å². The van der Waals surface area contributed by atoms with Gasteiger partial charge in [-0.15, -0.1) is 0 Å². The summed E-state index contributed by atoms with van der Waals surface area (Å²) in [6.45, 7) is 0.570. The van der Waals surface area contributed by atoms with Crippen molar-refractivity contribution in [1.29, 1.82) is 0 Å². The molecule has 8 heteroatoms. The van der Waals surface area contributed by atoms with Crippen molar-refractivity contribution in [2.45, 2.75) is 23.8 Å². The number of benzene rings is 1. The Balaban J connectivity index is 1.91. The lowest BCUT2D eigenvalue weighted by molar-refractivity contribution is 0.199. The average Bonchev–Trinajstić information content (AvgIpc) is 3.24. The number of hydrogen-bond acceptors (Lipinski definition) is 5. The average molecular weight is 364 g/mol. The van der Waals surface area contributed by atoms with Crippen molar-refractivity contribution in [3.8, 4) is 5.75 Å². The van der Waals surface area contributed by atoms with Gasteiger partial charge >= 0.3 is 6.03 Å². The van der Waals surface area contributed by atoms with Crippen LogP contribution in [0.1, 0.15) is 24.6 Å². The molecular formula is C17H20N2O5S. The fourth-order valence-electron chi connectivity index (χ4n) is 3.08. The Morgan fingerprint density at radius 3 is 2.76 bits per heavy atom. The maximum Gasteiger partial charge on any atom is 0.322 e. The van der Waals surface area contributed by atoms with Gasteiger partial charge in [0.25, 0.3) is 0 Å². The molecule has 0 spiro atoms. The van der Waals surface area contributed by atoms with Gasteiger partial charge in [-0.25, -0.2) is 13.2 Å². The van der Waals surface area contributed by atoms with Crippen molar-refractivity contribution < 1.29 is 22.4 Å². The number of sulfone groups is 1. The van der Waals surface area contributed by atoms with Crippen molar-refractivity contribution in [3.63, 3.8) is 0 Å². The molecule has 0 aliphatic carbocycles. The number of carbonyl (C=O) groups excluding carboxylic acids is 1. The van der Waals surface area contributed by atoms with E-state index in [1.807, 2.05) is 6.07 Å². The van der Waals surface area contributed by atoms with Crippen LogP contribution < -0.4 is 10.1 Å². The van der Waals surface area contributed by atoms with Crippen molar-refractivity contribution in [2.75, 3.05) is 25.2 Å². The van der Waals surface area contributed by atoms with E-state index in [2.05, 4.69) is 5.32 Å². The molecule has 1 aliphatic heterocycles. The number of hydrogen-bond donors (Lipinski definition) is 1. The smallest absolute Gasteiger partial charge is 0.322 e. The SMILES string of the molecule is COc1cccc(S(C)(=O)=O)c1NC(=O)N1CCCC1c1ccco1. The van der Waals surface area contributed by atoms with Crippen LogP contribution in [0.5, 0.6) is 5.75 Å². The van der Waals surface area contributed by atoms with E-state index >= 15 is 0 Å².